The molecule has 0 spiro atoms. The van der Waals surface area contributed by atoms with E-state index in [9.17, 15) is 13.5 Å². The van der Waals surface area contributed by atoms with Crippen molar-refractivity contribution in [2.45, 2.75) is 36.7 Å². The third-order valence-corrected chi connectivity index (χ3v) is 9.04. The van der Waals surface area contributed by atoms with Crippen molar-refractivity contribution in [2.24, 2.45) is 11.8 Å². The number of aryl methyl sites for hydroxylation is 1. The smallest absolute Gasteiger partial charge is 0.245 e. The van der Waals surface area contributed by atoms with Crippen LogP contribution in [0.1, 0.15) is 30.4 Å². The molecule has 3 heterocycles. The first-order valence-corrected chi connectivity index (χ1v) is 11.9. The van der Waals surface area contributed by atoms with Crippen LogP contribution in [0.15, 0.2) is 41.6 Å². The van der Waals surface area contributed by atoms with Gasteiger partial charge in [0.05, 0.1) is 17.3 Å². The molecule has 2 fully saturated rings. The molecule has 1 aliphatic carbocycles. The molecule has 0 radical (unpaired) electrons. The van der Waals surface area contributed by atoms with Crippen LogP contribution in [0.5, 0.6) is 0 Å². The molecule has 0 unspecified atom stereocenters. The van der Waals surface area contributed by atoms with Crippen molar-refractivity contribution in [2.75, 3.05) is 13.1 Å². The van der Waals surface area contributed by atoms with Crippen LogP contribution in [0, 0.1) is 18.8 Å². The maximum atomic E-state index is 13.6. The summed E-state index contributed by atoms with van der Waals surface area (Å²) in [6, 6.07) is 7.29. The standard InChI is InChI=1S/C20H22N4O3S2/c1-13-6-7-17-18(23-28-22-17)19(13)29(26,27)24-11-14-4-2-8-20(25,16(14)12-24)15-5-3-9-21-10-15/h3,5-7,9-10,14,16,25H,2,4,8,11-12H2,1H3/t14-,16-,20+/m1/s1. The minimum Gasteiger partial charge on any atom is -0.385 e. The normalized spacial score (nSPS) is 27.9. The first kappa shape index (κ1) is 19.0. The summed E-state index contributed by atoms with van der Waals surface area (Å²) in [4.78, 5) is 4.41. The Morgan fingerprint density at radius 1 is 1.24 bits per heavy atom. The number of hydrogen-bond donors (Lipinski definition) is 1. The highest BCUT2D eigenvalue weighted by atomic mass is 32.2. The van der Waals surface area contributed by atoms with Crippen molar-refractivity contribution in [1.29, 1.82) is 0 Å². The van der Waals surface area contributed by atoms with Crippen molar-refractivity contribution in [3.63, 3.8) is 0 Å². The third-order valence-electron chi connectivity index (χ3n) is 6.49. The highest BCUT2D eigenvalue weighted by Gasteiger charge is 2.52. The van der Waals surface area contributed by atoms with Gasteiger partial charge in [0.15, 0.2) is 0 Å². The molecular formula is C20H22N4O3S2. The SMILES string of the molecule is Cc1ccc2nsnc2c1S(=O)(=O)N1C[C@H]2CCC[C@](O)(c3cccnc3)[C@@H]2C1. The lowest BCUT2D eigenvalue weighted by molar-refractivity contribution is -0.0643. The van der Waals surface area contributed by atoms with E-state index in [0.717, 1.165) is 30.1 Å². The van der Waals surface area contributed by atoms with Gasteiger partial charge in [0.2, 0.25) is 10.0 Å². The number of aliphatic hydroxyl groups is 1. The van der Waals surface area contributed by atoms with Crippen LogP contribution in [0.25, 0.3) is 11.0 Å². The van der Waals surface area contributed by atoms with Gasteiger partial charge in [-0.15, -0.1) is 0 Å². The number of pyridine rings is 1. The minimum absolute atomic E-state index is 0.122. The van der Waals surface area contributed by atoms with Gasteiger partial charge >= 0.3 is 0 Å². The van der Waals surface area contributed by atoms with E-state index in [1.165, 1.54) is 4.31 Å². The van der Waals surface area contributed by atoms with Gasteiger partial charge < -0.3 is 5.11 Å². The molecule has 3 aromatic rings. The second kappa shape index (κ2) is 6.80. The Hall–Kier alpha value is -1.94. The molecule has 9 heteroatoms. The topological polar surface area (TPSA) is 96.3 Å². The maximum Gasteiger partial charge on any atom is 0.245 e. The molecule has 7 nitrogen and oxygen atoms in total. The summed E-state index contributed by atoms with van der Waals surface area (Å²) in [5, 5.41) is 11.6. The first-order chi connectivity index (χ1) is 13.9. The molecule has 0 bridgehead atoms. The summed E-state index contributed by atoms with van der Waals surface area (Å²) in [6.45, 7) is 2.51. The van der Waals surface area contributed by atoms with E-state index >= 15 is 0 Å². The predicted octanol–water partition coefficient (Wildman–Crippen LogP) is 2.70. The lowest BCUT2D eigenvalue weighted by Gasteiger charge is -2.41. The van der Waals surface area contributed by atoms with Gasteiger partial charge in [0.25, 0.3) is 0 Å². The van der Waals surface area contributed by atoms with Crippen LogP contribution in [-0.2, 0) is 15.6 Å². The molecule has 29 heavy (non-hydrogen) atoms. The van der Waals surface area contributed by atoms with Crippen LogP contribution in [0.3, 0.4) is 0 Å². The minimum atomic E-state index is -3.75. The lowest BCUT2D eigenvalue weighted by Crippen LogP contribution is -2.43. The zero-order valence-electron chi connectivity index (χ0n) is 16.0. The summed E-state index contributed by atoms with van der Waals surface area (Å²) < 4.78 is 37.2. The predicted molar refractivity (Wildman–Crippen MR) is 110 cm³/mol. The van der Waals surface area contributed by atoms with Crippen molar-refractivity contribution < 1.29 is 13.5 Å². The molecular weight excluding hydrogens is 408 g/mol. The van der Waals surface area contributed by atoms with Crippen LogP contribution < -0.4 is 0 Å². The molecule has 2 aliphatic rings. The second-order valence-corrected chi connectivity index (χ2v) is 10.5. The molecule has 5 rings (SSSR count). The summed E-state index contributed by atoms with van der Waals surface area (Å²) in [7, 11) is -3.75. The molecule has 1 saturated carbocycles. The summed E-state index contributed by atoms with van der Waals surface area (Å²) in [5.41, 5.74) is 1.43. The number of benzene rings is 1. The Labute approximate surface area is 173 Å². The maximum absolute atomic E-state index is 13.6. The van der Waals surface area contributed by atoms with Crippen LogP contribution in [0.2, 0.25) is 0 Å². The zero-order chi connectivity index (χ0) is 20.2. The molecule has 2 aromatic heterocycles. The fourth-order valence-electron chi connectivity index (χ4n) is 5.04. The third kappa shape index (κ3) is 2.91. The fourth-order valence-corrected chi connectivity index (χ4v) is 7.51. The molecule has 1 N–H and O–H groups in total. The second-order valence-electron chi connectivity index (χ2n) is 8.09. The van der Waals surface area contributed by atoms with E-state index in [1.54, 1.807) is 31.5 Å². The zero-order valence-corrected chi connectivity index (χ0v) is 17.7. The van der Waals surface area contributed by atoms with Crippen molar-refractivity contribution >= 4 is 32.8 Å². The van der Waals surface area contributed by atoms with E-state index < -0.39 is 15.6 Å². The Bertz CT molecular complexity index is 1160. The van der Waals surface area contributed by atoms with Crippen LogP contribution in [-0.4, -0.2) is 44.7 Å². The Balaban J connectivity index is 1.54. The van der Waals surface area contributed by atoms with Crippen molar-refractivity contribution in [3.8, 4) is 0 Å². The van der Waals surface area contributed by atoms with Gasteiger partial charge in [-0.1, -0.05) is 12.1 Å². The Kier molecular flexibility index (Phi) is 4.47. The van der Waals surface area contributed by atoms with E-state index in [4.69, 9.17) is 0 Å². The molecule has 1 aromatic carbocycles. The lowest BCUT2D eigenvalue weighted by atomic mass is 9.68. The molecule has 1 aliphatic heterocycles. The number of hydrogen-bond acceptors (Lipinski definition) is 7. The number of nitrogens with zero attached hydrogens (tertiary/aromatic N) is 4. The average Bonchev–Trinajstić information content (AvgIpc) is 3.36. The fraction of sp³-hybridized carbons (Fsp3) is 0.450. The Morgan fingerprint density at radius 2 is 2.10 bits per heavy atom. The van der Waals surface area contributed by atoms with Crippen molar-refractivity contribution in [3.05, 3.63) is 47.8 Å². The highest BCUT2D eigenvalue weighted by molar-refractivity contribution is 7.89. The molecule has 0 amide bonds. The highest BCUT2D eigenvalue weighted by Crippen LogP contribution is 2.49. The van der Waals surface area contributed by atoms with E-state index in [2.05, 4.69) is 13.7 Å². The molecule has 152 valence electrons. The van der Waals surface area contributed by atoms with E-state index in [1.807, 2.05) is 12.1 Å². The van der Waals surface area contributed by atoms with Gasteiger partial charge in [-0.2, -0.15) is 13.1 Å². The van der Waals surface area contributed by atoms with Crippen molar-refractivity contribution in [1.82, 2.24) is 18.0 Å². The van der Waals surface area contributed by atoms with E-state index in [-0.39, 0.29) is 16.7 Å². The van der Waals surface area contributed by atoms with Crippen LogP contribution >= 0.6 is 11.7 Å². The summed E-state index contributed by atoms with van der Waals surface area (Å²) >= 11 is 1.02. The Morgan fingerprint density at radius 3 is 2.90 bits per heavy atom. The molecule has 3 atom stereocenters. The summed E-state index contributed by atoms with van der Waals surface area (Å²) in [6.07, 6.45) is 5.79. The van der Waals surface area contributed by atoms with Gasteiger partial charge in [0, 0.05) is 37.0 Å². The van der Waals surface area contributed by atoms with E-state index in [0.29, 0.717) is 36.1 Å². The van der Waals surface area contributed by atoms with Gasteiger partial charge in [-0.25, -0.2) is 8.42 Å². The molecule has 1 saturated heterocycles. The monoisotopic (exact) mass is 430 g/mol. The van der Waals surface area contributed by atoms with Gasteiger partial charge in [-0.05, 0) is 49.8 Å². The number of rotatable bonds is 3. The first-order valence-electron chi connectivity index (χ1n) is 9.76. The largest absolute Gasteiger partial charge is 0.385 e. The van der Waals surface area contributed by atoms with Crippen LogP contribution in [0.4, 0.5) is 0 Å². The number of sulfonamides is 1. The summed E-state index contributed by atoms with van der Waals surface area (Å²) in [5.74, 6) is -0.0277. The number of aromatic nitrogens is 3. The average molecular weight is 431 g/mol. The van der Waals surface area contributed by atoms with Gasteiger partial charge in [-0.3, -0.25) is 4.98 Å². The number of fused-ring (bicyclic) bond motifs is 2. The van der Waals surface area contributed by atoms with Gasteiger partial charge in [0.1, 0.15) is 15.9 Å². The quantitative estimate of drug-likeness (QED) is 0.686.